The van der Waals surface area contributed by atoms with Crippen molar-refractivity contribution in [2.45, 2.75) is 25.7 Å². The van der Waals surface area contributed by atoms with Gasteiger partial charge in [0.25, 0.3) is 5.91 Å². The molecule has 5 nitrogen and oxygen atoms in total. The standard InChI is InChI=1S/C19H22N2O3S/c1-4-24-16-8-6-15(7-9-16)19(23)21-20-18(22)12-25-17-10-5-13(2)11-14(17)3/h5-11H,4,12H2,1-3H3,(H,20,22)(H,21,23). The van der Waals surface area contributed by atoms with Crippen molar-refractivity contribution in [1.29, 1.82) is 0 Å². The maximum absolute atomic E-state index is 12.0. The number of aryl methyl sites for hydroxylation is 2. The van der Waals surface area contributed by atoms with Crippen LogP contribution in [0.1, 0.15) is 28.4 Å². The fourth-order valence-corrected chi connectivity index (χ4v) is 3.02. The van der Waals surface area contributed by atoms with Gasteiger partial charge in [0.05, 0.1) is 12.4 Å². The fraction of sp³-hybridized carbons (Fsp3) is 0.263. The van der Waals surface area contributed by atoms with Gasteiger partial charge in [-0.1, -0.05) is 17.7 Å². The predicted molar refractivity (Wildman–Crippen MR) is 99.9 cm³/mol. The van der Waals surface area contributed by atoms with E-state index < -0.39 is 0 Å². The Morgan fingerprint density at radius 1 is 1.04 bits per heavy atom. The number of hydrogen-bond donors (Lipinski definition) is 2. The number of amides is 2. The van der Waals surface area contributed by atoms with Crippen molar-refractivity contribution >= 4 is 23.6 Å². The van der Waals surface area contributed by atoms with Gasteiger partial charge in [0.2, 0.25) is 5.91 Å². The quantitative estimate of drug-likeness (QED) is 0.614. The number of benzene rings is 2. The lowest BCUT2D eigenvalue weighted by Crippen LogP contribution is -2.42. The van der Waals surface area contributed by atoms with Gasteiger partial charge < -0.3 is 4.74 Å². The molecular weight excluding hydrogens is 336 g/mol. The molecule has 0 saturated heterocycles. The predicted octanol–water partition coefficient (Wildman–Crippen LogP) is 3.26. The summed E-state index contributed by atoms with van der Waals surface area (Å²) in [5.41, 5.74) is 7.62. The average Bonchev–Trinajstić information content (AvgIpc) is 2.60. The summed E-state index contributed by atoms with van der Waals surface area (Å²) in [4.78, 5) is 25.0. The Kier molecular flexibility index (Phi) is 6.89. The Balaban J connectivity index is 1.79. The minimum Gasteiger partial charge on any atom is -0.494 e. The zero-order chi connectivity index (χ0) is 18.2. The normalized spacial score (nSPS) is 10.2. The van der Waals surface area contributed by atoms with Gasteiger partial charge in [-0.25, -0.2) is 0 Å². The van der Waals surface area contributed by atoms with Crippen LogP contribution in [0.15, 0.2) is 47.4 Å². The van der Waals surface area contributed by atoms with Gasteiger partial charge in [0, 0.05) is 10.5 Å². The number of carbonyl (C=O) groups excluding carboxylic acids is 2. The number of thioether (sulfide) groups is 1. The van der Waals surface area contributed by atoms with Gasteiger partial charge in [-0.05, 0) is 56.7 Å². The Labute approximate surface area is 152 Å². The molecule has 2 N–H and O–H groups in total. The van der Waals surface area contributed by atoms with E-state index in [1.54, 1.807) is 24.3 Å². The molecule has 0 atom stereocenters. The first-order valence-electron chi connectivity index (χ1n) is 8.01. The molecule has 2 rings (SSSR count). The van der Waals surface area contributed by atoms with Gasteiger partial charge in [0.1, 0.15) is 5.75 Å². The molecule has 0 unspecified atom stereocenters. The second-order valence-corrected chi connectivity index (χ2v) is 6.53. The fourth-order valence-electron chi connectivity index (χ4n) is 2.21. The molecule has 0 radical (unpaired) electrons. The highest BCUT2D eigenvalue weighted by atomic mass is 32.2. The van der Waals surface area contributed by atoms with Crippen molar-refractivity contribution in [1.82, 2.24) is 10.9 Å². The van der Waals surface area contributed by atoms with E-state index in [0.29, 0.717) is 17.9 Å². The van der Waals surface area contributed by atoms with E-state index in [1.807, 2.05) is 32.9 Å². The van der Waals surface area contributed by atoms with E-state index in [1.165, 1.54) is 17.3 Å². The number of nitrogens with one attached hydrogen (secondary N) is 2. The van der Waals surface area contributed by atoms with Crippen molar-refractivity contribution in [2.24, 2.45) is 0 Å². The van der Waals surface area contributed by atoms with E-state index in [2.05, 4.69) is 16.9 Å². The molecule has 0 saturated carbocycles. The summed E-state index contributed by atoms with van der Waals surface area (Å²) in [5.74, 6) is 0.304. The zero-order valence-corrected chi connectivity index (χ0v) is 15.4. The summed E-state index contributed by atoms with van der Waals surface area (Å²) in [5, 5.41) is 0. The Morgan fingerprint density at radius 3 is 2.40 bits per heavy atom. The summed E-state index contributed by atoms with van der Waals surface area (Å²) in [6.45, 7) is 6.51. The highest BCUT2D eigenvalue weighted by Crippen LogP contribution is 2.22. The lowest BCUT2D eigenvalue weighted by atomic mass is 10.2. The number of hydrogen-bond acceptors (Lipinski definition) is 4. The monoisotopic (exact) mass is 358 g/mol. The average molecular weight is 358 g/mol. The highest BCUT2D eigenvalue weighted by molar-refractivity contribution is 8.00. The van der Waals surface area contributed by atoms with E-state index in [4.69, 9.17) is 4.74 Å². The lowest BCUT2D eigenvalue weighted by molar-refractivity contribution is -0.119. The first-order chi connectivity index (χ1) is 12.0. The third-order valence-corrected chi connectivity index (χ3v) is 4.61. The maximum Gasteiger partial charge on any atom is 0.269 e. The molecule has 0 aliphatic rings. The molecule has 0 spiro atoms. The van der Waals surface area contributed by atoms with E-state index in [0.717, 1.165) is 10.5 Å². The molecular formula is C19H22N2O3S. The van der Waals surface area contributed by atoms with Crippen LogP contribution < -0.4 is 15.6 Å². The Bertz CT molecular complexity index is 745. The summed E-state index contributed by atoms with van der Waals surface area (Å²) >= 11 is 1.44. The SMILES string of the molecule is CCOc1ccc(C(=O)NNC(=O)CSc2ccc(C)cc2C)cc1. The van der Waals surface area contributed by atoms with E-state index in [9.17, 15) is 9.59 Å². The first kappa shape index (κ1) is 18.9. The van der Waals surface area contributed by atoms with Crippen molar-refractivity contribution in [3.05, 3.63) is 59.2 Å². The second-order valence-electron chi connectivity index (χ2n) is 5.52. The van der Waals surface area contributed by atoms with E-state index >= 15 is 0 Å². The van der Waals surface area contributed by atoms with Gasteiger partial charge in [0.15, 0.2) is 0 Å². The van der Waals surface area contributed by atoms with Crippen LogP contribution in [0.3, 0.4) is 0 Å². The Morgan fingerprint density at radius 2 is 1.76 bits per heavy atom. The molecule has 2 amide bonds. The summed E-state index contributed by atoms with van der Waals surface area (Å²) in [7, 11) is 0. The van der Waals surface area contributed by atoms with E-state index in [-0.39, 0.29) is 17.6 Å². The molecule has 2 aromatic carbocycles. The van der Waals surface area contributed by atoms with Crippen molar-refractivity contribution in [3.63, 3.8) is 0 Å². The first-order valence-corrected chi connectivity index (χ1v) is 9.00. The van der Waals surface area contributed by atoms with Crippen LogP contribution in [0.25, 0.3) is 0 Å². The number of ether oxygens (including phenoxy) is 1. The van der Waals surface area contributed by atoms with Gasteiger partial charge in [-0.15, -0.1) is 11.8 Å². The van der Waals surface area contributed by atoms with Gasteiger partial charge in [-0.2, -0.15) is 0 Å². The van der Waals surface area contributed by atoms with Crippen molar-refractivity contribution < 1.29 is 14.3 Å². The van der Waals surface area contributed by atoms with Crippen molar-refractivity contribution in [3.8, 4) is 5.75 Å². The van der Waals surface area contributed by atoms with Crippen LogP contribution in [0.2, 0.25) is 0 Å². The lowest BCUT2D eigenvalue weighted by Gasteiger charge is -2.09. The summed E-state index contributed by atoms with van der Waals surface area (Å²) < 4.78 is 5.33. The minimum absolute atomic E-state index is 0.230. The molecule has 0 aliphatic carbocycles. The molecule has 0 fully saturated rings. The molecule has 2 aromatic rings. The Hall–Kier alpha value is -2.47. The van der Waals surface area contributed by atoms with Crippen LogP contribution in [-0.4, -0.2) is 24.2 Å². The topological polar surface area (TPSA) is 67.4 Å². The summed E-state index contributed by atoms with van der Waals surface area (Å²) in [6, 6.07) is 12.8. The zero-order valence-electron chi connectivity index (χ0n) is 14.6. The second kappa shape index (κ2) is 9.13. The largest absolute Gasteiger partial charge is 0.494 e. The smallest absolute Gasteiger partial charge is 0.269 e. The molecule has 132 valence electrons. The van der Waals surface area contributed by atoms with Crippen LogP contribution in [0, 0.1) is 13.8 Å². The minimum atomic E-state index is -0.368. The number of rotatable bonds is 6. The molecule has 6 heteroatoms. The van der Waals surface area contributed by atoms with Crippen LogP contribution >= 0.6 is 11.8 Å². The van der Waals surface area contributed by atoms with Crippen LogP contribution in [-0.2, 0) is 4.79 Å². The molecule has 0 aromatic heterocycles. The van der Waals surface area contributed by atoms with Gasteiger partial charge in [-0.3, -0.25) is 20.4 Å². The highest BCUT2D eigenvalue weighted by Gasteiger charge is 2.09. The maximum atomic E-state index is 12.0. The third-order valence-electron chi connectivity index (χ3n) is 3.43. The van der Waals surface area contributed by atoms with Gasteiger partial charge >= 0.3 is 0 Å². The third kappa shape index (κ3) is 5.83. The molecule has 0 bridgehead atoms. The van der Waals surface area contributed by atoms with Crippen LogP contribution in [0.4, 0.5) is 0 Å². The number of carbonyl (C=O) groups is 2. The molecule has 0 aliphatic heterocycles. The number of hydrazine groups is 1. The van der Waals surface area contributed by atoms with Crippen LogP contribution in [0.5, 0.6) is 5.75 Å². The summed E-state index contributed by atoms with van der Waals surface area (Å²) in [6.07, 6.45) is 0. The van der Waals surface area contributed by atoms with Crippen molar-refractivity contribution in [2.75, 3.05) is 12.4 Å². The molecule has 25 heavy (non-hydrogen) atoms. The molecule has 0 heterocycles.